The van der Waals surface area contributed by atoms with Crippen molar-refractivity contribution in [2.75, 3.05) is 11.9 Å². The summed E-state index contributed by atoms with van der Waals surface area (Å²) in [6.07, 6.45) is 1.04. The van der Waals surface area contributed by atoms with Crippen LogP contribution in [0.3, 0.4) is 0 Å². The average molecular weight is 304 g/mol. The van der Waals surface area contributed by atoms with E-state index in [1.165, 1.54) is 0 Å². The molecule has 1 fully saturated rings. The Morgan fingerprint density at radius 2 is 1.86 bits per heavy atom. The Labute approximate surface area is 131 Å². The number of nitrogens with two attached hydrogens (primary N) is 1. The summed E-state index contributed by atoms with van der Waals surface area (Å²) in [7, 11) is 0. The van der Waals surface area contributed by atoms with E-state index in [0.717, 1.165) is 6.42 Å². The van der Waals surface area contributed by atoms with Crippen LogP contribution in [-0.4, -0.2) is 30.4 Å². The van der Waals surface area contributed by atoms with Crippen LogP contribution < -0.4 is 11.1 Å². The summed E-state index contributed by atoms with van der Waals surface area (Å²) < 4.78 is 5.56. The summed E-state index contributed by atoms with van der Waals surface area (Å²) >= 11 is 0. The maximum atomic E-state index is 12.2. The smallest absolute Gasteiger partial charge is 0.253 e. The number of hydrogen-bond donors (Lipinski definition) is 2. The maximum absolute atomic E-state index is 12.2. The van der Waals surface area contributed by atoms with Crippen molar-refractivity contribution >= 4 is 17.4 Å². The Morgan fingerprint density at radius 3 is 2.36 bits per heavy atom. The number of carbonyl (C=O) groups is 2. The Morgan fingerprint density at radius 1 is 1.23 bits per heavy atom. The summed E-state index contributed by atoms with van der Waals surface area (Å²) in [6, 6.07) is 6.96. The highest BCUT2D eigenvalue weighted by Crippen LogP contribution is 2.23. The number of rotatable bonds is 4. The van der Waals surface area contributed by atoms with Gasteiger partial charge < -0.3 is 15.8 Å². The van der Waals surface area contributed by atoms with Crippen molar-refractivity contribution in [3.63, 3.8) is 0 Å². The molecular formula is C17H24N2O3. The Balaban J connectivity index is 1.97. The van der Waals surface area contributed by atoms with E-state index in [9.17, 15) is 9.59 Å². The lowest BCUT2D eigenvalue weighted by atomic mass is 9.86. The molecule has 2 atom stereocenters. The number of amides is 1. The highest BCUT2D eigenvalue weighted by atomic mass is 16.5. The molecule has 1 aliphatic heterocycles. The van der Waals surface area contributed by atoms with Gasteiger partial charge in [0, 0.05) is 23.2 Å². The standard InChI is InChI=1S/C17H24N2O3/c1-17(2,3)15(20)11-4-6-12(7-5-11)19-16(21)14-9-8-13(10-18)22-14/h4-7,13-14H,8-10,18H2,1-3H3,(H,19,21)/t13-,14+/m1/s1. The number of ketones is 1. The molecule has 5 heteroatoms. The molecule has 0 bridgehead atoms. The molecule has 0 aromatic heterocycles. The fourth-order valence-electron chi connectivity index (χ4n) is 2.43. The number of benzene rings is 1. The second-order valence-corrected chi connectivity index (χ2v) is 6.71. The molecule has 1 heterocycles. The Hall–Kier alpha value is -1.72. The van der Waals surface area contributed by atoms with Gasteiger partial charge in [0.15, 0.2) is 5.78 Å². The van der Waals surface area contributed by atoms with Crippen LogP contribution in [0.1, 0.15) is 44.0 Å². The fraction of sp³-hybridized carbons (Fsp3) is 0.529. The molecule has 0 saturated carbocycles. The molecule has 0 unspecified atom stereocenters. The quantitative estimate of drug-likeness (QED) is 0.837. The molecule has 0 spiro atoms. The van der Waals surface area contributed by atoms with E-state index in [1.807, 2.05) is 20.8 Å². The first-order chi connectivity index (χ1) is 10.3. The minimum Gasteiger partial charge on any atom is -0.364 e. The van der Waals surface area contributed by atoms with Crippen LogP contribution in [0.5, 0.6) is 0 Å². The van der Waals surface area contributed by atoms with E-state index in [2.05, 4.69) is 5.32 Å². The van der Waals surface area contributed by atoms with Crippen LogP contribution >= 0.6 is 0 Å². The molecule has 1 amide bonds. The van der Waals surface area contributed by atoms with Crippen molar-refractivity contribution in [3.05, 3.63) is 29.8 Å². The zero-order valence-electron chi connectivity index (χ0n) is 13.4. The van der Waals surface area contributed by atoms with E-state index < -0.39 is 11.5 Å². The first-order valence-electron chi connectivity index (χ1n) is 7.62. The second kappa shape index (κ2) is 6.58. The minimum absolute atomic E-state index is 0.0254. The normalized spacial score (nSPS) is 21.6. The van der Waals surface area contributed by atoms with Gasteiger partial charge in [0.25, 0.3) is 5.91 Å². The lowest BCUT2D eigenvalue weighted by Crippen LogP contribution is -2.29. The lowest BCUT2D eigenvalue weighted by Gasteiger charge is -2.17. The van der Waals surface area contributed by atoms with E-state index >= 15 is 0 Å². The molecule has 120 valence electrons. The molecule has 0 aliphatic carbocycles. The van der Waals surface area contributed by atoms with Gasteiger partial charge in [0.1, 0.15) is 6.10 Å². The van der Waals surface area contributed by atoms with Gasteiger partial charge in [-0.15, -0.1) is 0 Å². The van der Waals surface area contributed by atoms with Crippen LogP contribution in [0, 0.1) is 5.41 Å². The maximum Gasteiger partial charge on any atom is 0.253 e. The number of anilines is 1. The lowest BCUT2D eigenvalue weighted by molar-refractivity contribution is -0.126. The number of hydrogen-bond acceptors (Lipinski definition) is 4. The molecule has 1 saturated heterocycles. The largest absolute Gasteiger partial charge is 0.364 e. The first kappa shape index (κ1) is 16.6. The predicted octanol–water partition coefficient (Wildman–Crippen LogP) is 2.36. The van der Waals surface area contributed by atoms with E-state index in [-0.39, 0.29) is 17.8 Å². The van der Waals surface area contributed by atoms with Crippen LogP contribution in [0.2, 0.25) is 0 Å². The molecule has 5 nitrogen and oxygen atoms in total. The average Bonchev–Trinajstić information content (AvgIpc) is 2.95. The number of ether oxygens (including phenoxy) is 1. The van der Waals surface area contributed by atoms with E-state index in [1.54, 1.807) is 24.3 Å². The SMILES string of the molecule is CC(C)(C)C(=O)c1ccc(NC(=O)[C@@H]2CC[C@H](CN)O2)cc1. The third kappa shape index (κ3) is 3.93. The van der Waals surface area contributed by atoms with Gasteiger partial charge in [-0.2, -0.15) is 0 Å². The molecule has 1 aromatic carbocycles. The predicted molar refractivity (Wildman–Crippen MR) is 85.8 cm³/mol. The summed E-state index contributed by atoms with van der Waals surface area (Å²) in [5.41, 5.74) is 6.43. The van der Waals surface area contributed by atoms with Crippen molar-refractivity contribution < 1.29 is 14.3 Å². The molecule has 1 aromatic rings. The van der Waals surface area contributed by atoms with Gasteiger partial charge in [0.05, 0.1) is 6.10 Å². The van der Waals surface area contributed by atoms with Gasteiger partial charge in [0.2, 0.25) is 0 Å². The molecular weight excluding hydrogens is 280 g/mol. The summed E-state index contributed by atoms with van der Waals surface area (Å²) in [4.78, 5) is 24.3. The van der Waals surface area contributed by atoms with Crippen LogP contribution in [0.25, 0.3) is 0 Å². The zero-order chi connectivity index (χ0) is 16.3. The third-order valence-electron chi connectivity index (χ3n) is 3.76. The molecule has 0 radical (unpaired) electrons. The van der Waals surface area contributed by atoms with Crippen molar-refractivity contribution in [1.82, 2.24) is 0 Å². The highest BCUT2D eigenvalue weighted by Gasteiger charge is 2.30. The number of carbonyl (C=O) groups excluding carboxylic acids is 2. The van der Waals surface area contributed by atoms with Gasteiger partial charge >= 0.3 is 0 Å². The van der Waals surface area contributed by atoms with E-state index in [0.29, 0.717) is 24.2 Å². The summed E-state index contributed by atoms with van der Waals surface area (Å²) in [5, 5.41) is 2.82. The van der Waals surface area contributed by atoms with E-state index in [4.69, 9.17) is 10.5 Å². The highest BCUT2D eigenvalue weighted by molar-refractivity contribution is 6.00. The molecule has 1 aliphatic rings. The van der Waals surface area contributed by atoms with Gasteiger partial charge in [-0.1, -0.05) is 20.8 Å². The van der Waals surface area contributed by atoms with Crippen LogP contribution in [0.4, 0.5) is 5.69 Å². The minimum atomic E-state index is -0.440. The number of Topliss-reactive ketones (excluding diaryl/α,β-unsaturated/α-hetero) is 1. The van der Waals surface area contributed by atoms with Crippen LogP contribution in [0.15, 0.2) is 24.3 Å². The zero-order valence-corrected chi connectivity index (χ0v) is 13.4. The monoisotopic (exact) mass is 304 g/mol. The van der Waals surface area contributed by atoms with Crippen molar-refractivity contribution in [2.24, 2.45) is 11.1 Å². The van der Waals surface area contributed by atoms with Crippen molar-refractivity contribution in [3.8, 4) is 0 Å². The molecule has 22 heavy (non-hydrogen) atoms. The van der Waals surface area contributed by atoms with Crippen molar-refractivity contribution in [2.45, 2.75) is 45.8 Å². The van der Waals surface area contributed by atoms with Crippen LogP contribution in [-0.2, 0) is 9.53 Å². The topological polar surface area (TPSA) is 81.4 Å². The summed E-state index contributed by atoms with van der Waals surface area (Å²) in [5.74, 6) is -0.0823. The Bertz CT molecular complexity index is 546. The van der Waals surface area contributed by atoms with Gasteiger partial charge in [-0.25, -0.2) is 0 Å². The fourth-order valence-corrected chi connectivity index (χ4v) is 2.43. The summed E-state index contributed by atoms with van der Waals surface area (Å²) in [6.45, 7) is 6.09. The Kier molecular flexibility index (Phi) is 4.98. The second-order valence-electron chi connectivity index (χ2n) is 6.71. The van der Waals surface area contributed by atoms with Gasteiger partial charge in [-0.05, 0) is 37.1 Å². The first-order valence-corrected chi connectivity index (χ1v) is 7.62. The van der Waals surface area contributed by atoms with Crippen molar-refractivity contribution in [1.29, 1.82) is 0 Å². The third-order valence-corrected chi connectivity index (χ3v) is 3.76. The molecule has 3 N–H and O–H groups in total. The van der Waals surface area contributed by atoms with Gasteiger partial charge in [-0.3, -0.25) is 9.59 Å². The molecule has 2 rings (SSSR count). The number of nitrogens with one attached hydrogen (secondary N) is 1.